The number of esters is 1. The summed E-state index contributed by atoms with van der Waals surface area (Å²) in [5.41, 5.74) is 0.459. The molecule has 23 heavy (non-hydrogen) atoms. The van der Waals surface area contributed by atoms with Crippen molar-refractivity contribution in [2.24, 2.45) is 11.8 Å². The molecule has 0 fully saturated rings. The Bertz CT molecular complexity index is 561. The number of amides is 1. The minimum atomic E-state index is -0.390. The van der Waals surface area contributed by atoms with Gasteiger partial charge in [-0.25, -0.2) is 0 Å². The summed E-state index contributed by atoms with van der Waals surface area (Å²) < 4.78 is 4.74. The van der Waals surface area contributed by atoms with Gasteiger partial charge in [0.25, 0.3) is 5.91 Å². The number of benzene rings is 1. The van der Waals surface area contributed by atoms with Gasteiger partial charge < -0.3 is 9.64 Å². The number of methoxy groups -OCH3 is 1. The molecule has 1 unspecified atom stereocenters. The Labute approximate surface area is 147 Å². The maximum atomic E-state index is 12.7. The van der Waals surface area contributed by atoms with Crippen molar-refractivity contribution in [1.82, 2.24) is 4.90 Å². The van der Waals surface area contributed by atoms with Crippen molar-refractivity contribution in [2.45, 2.75) is 27.2 Å². The lowest BCUT2D eigenvalue weighted by molar-refractivity contribution is -0.145. The van der Waals surface area contributed by atoms with Crippen LogP contribution in [0.2, 0.25) is 10.0 Å². The summed E-state index contributed by atoms with van der Waals surface area (Å²) in [5, 5.41) is 0.738. The predicted molar refractivity (Wildman–Crippen MR) is 93.0 cm³/mol. The summed E-state index contributed by atoms with van der Waals surface area (Å²) in [5.74, 6) is -0.437. The molecule has 4 nitrogen and oxygen atoms in total. The van der Waals surface area contributed by atoms with E-state index in [1.807, 2.05) is 0 Å². The molecule has 0 saturated heterocycles. The molecule has 0 bridgehead atoms. The monoisotopic (exact) mass is 359 g/mol. The van der Waals surface area contributed by atoms with Crippen molar-refractivity contribution in [3.05, 3.63) is 33.8 Å². The Morgan fingerprint density at radius 2 is 1.83 bits per heavy atom. The number of hydrogen-bond donors (Lipinski definition) is 0. The average Bonchev–Trinajstić information content (AvgIpc) is 2.52. The summed E-state index contributed by atoms with van der Waals surface area (Å²) >= 11 is 11.9. The quantitative estimate of drug-likeness (QED) is 0.682. The Hall–Kier alpha value is -1.26. The number of carbonyl (C=O) groups is 2. The molecule has 0 aliphatic heterocycles. The van der Waals surface area contributed by atoms with Gasteiger partial charge >= 0.3 is 5.97 Å². The molecule has 6 heteroatoms. The van der Waals surface area contributed by atoms with Gasteiger partial charge in [-0.3, -0.25) is 9.59 Å². The standard InChI is InChI=1S/C17H23Cl2NO3/c1-11(2)7-8-20(10-12(3)17(22)23-4)16(21)13-5-6-14(18)15(19)9-13/h5-6,9,11-12H,7-8,10H2,1-4H3. The molecule has 1 amide bonds. The summed E-state index contributed by atoms with van der Waals surface area (Å²) in [6.07, 6.45) is 0.848. The van der Waals surface area contributed by atoms with E-state index >= 15 is 0 Å². The SMILES string of the molecule is COC(=O)C(C)CN(CCC(C)C)C(=O)c1ccc(Cl)c(Cl)c1. The lowest BCUT2D eigenvalue weighted by Crippen LogP contribution is -2.38. The molecule has 0 heterocycles. The highest BCUT2D eigenvalue weighted by Crippen LogP contribution is 2.23. The molecular weight excluding hydrogens is 337 g/mol. The Balaban J connectivity index is 2.94. The van der Waals surface area contributed by atoms with E-state index in [9.17, 15) is 9.59 Å². The Morgan fingerprint density at radius 1 is 1.17 bits per heavy atom. The van der Waals surface area contributed by atoms with Crippen molar-refractivity contribution in [3.8, 4) is 0 Å². The van der Waals surface area contributed by atoms with Gasteiger partial charge in [-0.1, -0.05) is 44.0 Å². The number of ether oxygens (including phenoxy) is 1. The summed E-state index contributed by atoms with van der Waals surface area (Å²) in [4.78, 5) is 26.1. The number of carbonyl (C=O) groups excluding carboxylic acids is 2. The lowest BCUT2D eigenvalue weighted by Gasteiger charge is -2.26. The first-order chi connectivity index (χ1) is 10.8. The summed E-state index contributed by atoms with van der Waals surface area (Å²) in [7, 11) is 1.35. The van der Waals surface area contributed by atoms with Crippen molar-refractivity contribution < 1.29 is 14.3 Å². The van der Waals surface area contributed by atoms with E-state index in [0.717, 1.165) is 6.42 Å². The van der Waals surface area contributed by atoms with Crippen molar-refractivity contribution in [1.29, 1.82) is 0 Å². The molecule has 1 aromatic carbocycles. The number of halogens is 2. The molecule has 1 atom stereocenters. The van der Waals surface area contributed by atoms with Gasteiger partial charge in [0.15, 0.2) is 0 Å². The third-order valence-electron chi connectivity index (χ3n) is 3.53. The second-order valence-electron chi connectivity index (χ2n) is 5.99. The fourth-order valence-corrected chi connectivity index (χ4v) is 2.41. The smallest absolute Gasteiger partial charge is 0.310 e. The van der Waals surface area contributed by atoms with E-state index in [0.29, 0.717) is 34.6 Å². The maximum absolute atomic E-state index is 12.7. The first-order valence-corrected chi connectivity index (χ1v) is 8.34. The Kier molecular flexibility index (Phi) is 7.86. The van der Waals surface area contributed by atoms with E-state index in [4.69, 9.17) is 27.9 Å². The minimum Gasteiger partial charge on any atom is -0.469 e. The van der Waals surface area contributed by atoms with Crippen LogP contribution in [-0.4, -0.2) is 37.0 Å². The first kappa shape index (κ1) is 19.8. The number of rotatable bonds is 7. The molecule has 0 radical (unpaired) electrons. The zero-order valence-corrected chi connectivity index (χ0v) is 15.4. The highest BCUT2D eigenvalue weighted by Gasteiger charge is 2.23. The second-order valence-corrected chi connectivity index (χ2v) is 6.80. The molecule has 0 N–H and O–H groups in total. The van der Waals surface area contributed by atoms with Gasteiger partial charge in [0.1, 0.15) is 0 Å². The van der Waals surface area contributed by atoms with Crippen molar-refractivity contribution >= 4 is 35.1 Å². The van der Waals surface area contributed by atoms with Gasteiger partial charge in [0.2, 0.25) is 0 Å². The molecule has 1 aromatic rings. The highest BCUT2D eigenvalue weighted by molar-refractivity contribution is 6.42. The molecule has 0 spiro atoms. The van der Waals surface area contributed by atoms with Crippen LogP contribution in [0.3, 0.4) is 0 Å². The van der Waals surface area contributed by atoms with E-state index in [2.05, 4.69) is 13.8 Å². The van der Waals surface area contributed by atoms with Crippen molar-refractivity contribution in [2.75, 3.05) is 20.2 Å². The summed E-state index contributed by atoms with van der Waals surface area (Å²) in [6.45, 7) is 6.80. The zero-order chi connectivity index (χ0) is 17.6. The third kappa shape index (κ3) is 6.04. The molecule has 128 valence electrons. The fourth-order valence-electron chi connectivity index (χ4n) is 2.11. The van der Waals surface area contributed by atoms with E-state index in [1.54, 1.807) is 30.0 Å². The van der Waals surface area contributed by atoms with E-state index < -0.39 is 0 Å². The largest absolute Gasteiger partial charge is 0.469 e. The van der Waals surface area contributed by atoms with Gasteiger partial charge in [0, 0.05) is 18.7 Å². The van der Waals surface area contributed by atoms with Gasteiger partial charge in [0.05, 0.1) is 23.1 Å². The molecular formula is C17H23Cl2NO3. The second kappa shape index (κ2) is 9.14. The molecule has 0 saturated carbocycles. The van der Waals surface area contributed by atoms with Crippen LogP contribution in [0.25, 0.3) is 0 Å². The van der Waals surface area contributed by atoms with Crippen LogP contribution in [0, 0.1) is 11.8 Å². The average molecular weight is 360 g/mol. The lowest BCUT2D eigenvalue weighted by atomic mass is 10.1. The summed E-state index contributed by atoms with van der Waals surface area (Å²) in [6, 6.07) is 4.79. The first-order valence-electron chi connectivity index (χ1n) is 7.58. The van der Waals surface area contributed by atoms with Crippen LogP contribution in [0.5, 0.6) is 0 Å². The zero-order valence-electron chi connectivity index (χ0n) is 13.9. The molecule has 0 aliphatic carbocycles. The predicted octanol–water partition coefficient (Wildman–Crippen LogP) is 4.29. The maximum Gasteiger partial charge on any atom is 0.310 e. The number of nitrogens with zero attached hydrogens (tertiary/aromatic N) is 1. The van der Waals surface area contributed by atoms with Crippen LogP contribution in [-0.2, 0) is 9.53 Å². The van der Waals surface area contributed by atoms with E-state index in [1.165, 1.54) is 7.11 Å². The molecule has 0 aromatic heterocycles. The van der Waals surface area contributed by atoms with Gasteiger partial charge in [-0.05, 0) is 30.5 Å². The van der Waals surface area contributed by atoms with Crippen LogP contribution in [0.4, 0.5) is 0 Å². The highest BCUT2D eigenvalue weighted by atomic mass is 35.5. The van der Waals surface area contributed by atoms with Crippen LogP contribution in [0.15, 0.2) is 18.2 Å². The number of hydrogen-bond acceptors (Lipinski definition) is 3. The third-order valence-corrected chi connectivity index (χ3v) is 4.27. The topological polar surface area (TPSA) is 46.6 Å². The minimum absolute atomic E-state index is 0.167. The van der Waals surface area contributed by atoms with Crippen LogP contribution < -0.4 is 0 Å². The van der Waals surface area contributed by atoms with Crippen LogP contribution in [0.1, 0.15) is 37.6 Å². The normalized spacial score (nSPS) is 12.1. The van der Waals surface area contributed by atoms with Crippen molar-refractivity contribution in [3.63, 3.8) is 0 Å². The molecule has 0 aliphatic rings. The fraction of sp³-hybridized carbons (Fsp3) is 0.529. The van der Waals surface area contributed by atoms with E-state index in [-0.39, 0.29) is 17.8 Å². The van der Waals surface area contributed by atoms with Gasteiger partial charge in [-0.15, -0.1) is 0 Å². The Morgan fingerprint density at radius 3 is 2.35 bits per heavy atom. The molecule has 1 rings (SSSR count). The van der Waals surface area contributed by atoms with Crippen LogP contribution >= 0.6 is 23.2 Å². The van der Waals surface area contributed by atoms with Gasteiger partial charge in [-0.2, -0.15) is 0 Å².